The van der Waals surface area contributed by atoms with Crippen LogP contribution in [0.4, 0.5) is 11.4 Å². The number of anilines is 1. The number of carbonyl (C=O) groups is 3. The minimum atomic E-state index is -0.875. The fourth-order valence-corrected chi connectivity index (χ4v) is 7.51. The van der Waals surface area contributed by atoms with E-state index in [9.17, 15) is 29.3 Å². The van der Waals surface area contributed by atoms with Crippen molar-refractivity contribution in [1.29, 1.82) is 0 Å². The highest BCUT2D eigenvalue weighted by Gasteiger charge is 2.56. The van der Waals surface area contributed by atoms with E-state index in [0.29, 0.717) is 21.2 Å². The van der Waals surface area contributed by atoms with E-state index in [2.05, 4.69) is 0 Å². The minimum Gasteiger partial charge on any atom is -0.497 e. The van der Waals surface area contributed by atoms with Gasteiger partial charge in [0.05, 0.1) is 35.3 Å². The highest BCUT2D eigenvalue weighted by Crippen LogP contribution is 2.54. The summed E-state index contributed by atoms with van der Waals surface area (Å²) >= 11 is 2.01. The molecule has 2 amide bonds. The zero-order valence-electron chi connectivity index (χ0n) is 20.2. The molecule has 1 fully saturated rings. The summed E-state index contributed by atoms with van der Waals surface area (Å²) in [7, 11) is 1.53. The number of amides is 2. The van der Waals surface area contributed by atoms with Crippen molar-refractivity contribution in [2.45, 2.75) is 29.7 Å². The number of rotatable bonds is 7. The van der Waals surface area contributed by atoms with E-state index in [1.54, 1.807) is 31.2 Å². The van der Waals surface area contributed by atoms with Crippen molar-refractivity contribution < 1.29 is 28.8 Å². The zero-order valence-corrected chi connectivity index (χ0v) is 21.8. The second kappa shape index (κ2) is 10.1. The molecule has 0 unspecified atom stereocenters. The first-order valence-corrected chi connectivity index (χ1v) is 13.3. The summed E-state index contributed by atoms with van der Waals surface area (Å²) in [6.45, 7) is 1.51. The zero-order chi connectivity index (χ0) is 27.1. The Bertz CT molecular complexity index is 1500. The summed E-state index contributed by atoms with van der Waals surface area (Å²) in [6, 6.07) is 12.2. The van der Waals surface area contributed by atoms with E-state index in [-0.39, 0.29) is 29.4 Å². The Balaban J connectivity index is 1.61. The first-order chi connectivity index (χ1) is 18.2. The number of hydrogen-bond donors (Lipinski definition) is 0. The first kappa shape index (κ1) is 25.7. The number of carbonyl (C=O) groups excluding carboxylic acids is 3. The number of imide groups is 1. The number of ether oxygens (including phenoxy) is 2. The van der Waals surface area contributed by atoms with E-state index in [1.807, 2.05) is 0 Å². The van der Waals surface area contributed by atoms with Crippen LogP contribution in [0.5, 0.6) is 5.75 Å². The van der Waals surface area contributed by atoms with Crippen LogP contribution in [0.25, 0.3) is 0 Å². The molecule has 0 radical (unpaired) electrons. The monoisotopic (exact) mass is 555 g/mol. The molecular formula is C25H21N3O8S2. The lowest BCUT2D eigenvalue weighted by Crippen LogP contribution is -2.32. The van der Waals surface area contributed by atoms with E-state index in [4.69, 9.17) is 9.47 Å². The number of hydrogen-bond acceptors (Lipinski definition) is 10. The van der Waals surface area contributed by atoms with Crippen LogP contribution in [0, 0.1) is 16.0 Å². The molecule has 1 saturated heterocycles. The summed E-state index contributed by atoms with van der Waals surface area (Å²) in [6.07, 6.45) is 0. The van der Waals surface area contributed by atoms with Gasteiger partial charge in [0, 0.05) is 22.9 Å². The number of esters is 1. The number of methoxy groups -OCH3 is 1. The number of nitro benzene ring substituents is 1. The van der Waals surface area contributed by atoms with E-state index >= 15 is 0 Å². The molecule has 2 aliphatic heterocycles. The molecule has 0 aliphatic carbocycles. The predicted octanol–water partition coefficient (Wildman–Crippen LogP) is 3.19. The molecule has 3 atom stereocenters. The van der Waals surface area contributed by atoms with Gasteiger partial charge >= 0.3 is 10.8 Å². The quantitative estimate of drug-likeness (QED) is 0.186. The standard InChI is InChI=1S/C25H21N3O8S2/c1-3-36-17(29)12-26-24-21(38-25(26)32)18(13-4-10-16(35-2)11-5-13)19-20(37-24)23(31)27(22(19)30)14-6-8-15(9-7-14)28(33)34/h4-11,18-20H,3,12H2,1-2H3/t18-,19-,20+/m0/s1. The molecule has 0 saturated carbocycles. The van der Waals surface area contributed by atoms with Crippen molar-refractivity contribution in [3.8, 4) is 5.75 Å². The molecule has 196 valence electrons. The van der Waals surface area contributed by atoms with E-state index < -0.39 is 39.8 Å². The van der Waals surface area contributed by atoms with Gasteiger partial charge in [-0.05, 0) is 36.8 Å². The highest BCUT2D eigenvalue weighted by molar-refractivity contribution is 8.00. The smallest absolute Gasteiger partial charge is 0.326 e. The molecule has 3 heterocycles. The molecule has 3 aromatic rings. The fourth-order valence-electron chi connectivity index (χ4n) is 4.74. The molecule has 0 spiro atoms. The Kier molecular flexibility index (Phi) is 6.80. The third kappa shape index (κ3) is 4.27. The second-order valence-corrected chi connectivity index (χ2v) is 10.7. The molecule has 38 heavy (non-hydrogen) atoms. The molecule has 2 aliphatic rings. The molecule has 0 bridgehead atoms. The fraction of sp³-hybridized carbons (Fsp3) is 0.280. The average Bonchev–Trinajstić information content (AvgIpc) is 3.35. The molecule has 1 aromatic heterocycles. The summed E-state index contributed by atoms with van der Waals surface area (Å²) < 4.78 is 11.6. The summed E-state index contributed by atoms with van der Waals surface area (Å²) in [5, 5.41) is 10.6. The summed E-state index contributed by atoms with van der Waals surface area (Å²) in [5.41, 5.74) is 0.765. The molecule has 5 rings (SSSR count). The van der Waals surface area contributed by atoms with E-state index in [0.717, 1.165) is 28.0 Å². The Morgan fingerprint density at radius 2 is 1.74 bits per heavy atom. The topological polar surface area (TPSA) is 138 Å². The maximum atomic E-state index is 13.8. The number of non-ortho nitro benzene ring substituents is 1. The minimum absolute atomic E-state index is 0.156. The third-order valence-electron chi connectivity index (χ3n) is 6.44. The Morgan fingerprint density at radius 3 is 2.34 bits per heavy atom. The van der Waals surface area contributed by atoms with E-state index in [1.165, 1.54) is 35.9 Å². The van der Waals surface area contributed by atoms with Crippen molar-refractivity contribution in [2.24, 2.45) is 5.92 Å². The van der Waals surface area contributed by atoms with Crippen LogP contribution in [0.1, 0.15) is 23.3 Å². The lowest BCUT2D eigenvalue weighted by Gasteiger charge is -2.30. The number of fused-ring (bicyclic) bond motifs is 2. The number of benzene rings is 2. The maximum absolute atomic E-state index is 13.8. The highest BCUT2D eigenvalue weighted by atomic mass is 32.2. The van der Waals surface area contributed by atoms with Gasteiger partial charge in [0.1, 0.15) is 17.5 Å². The van der Waals surface area contributed by atoms with Crippen LogP contribution >= 0.6 is 23.1 Å². The van der Waals surface area contributed by atoms with Crippen molar-refractivity contribution in [2.75, 3.05) is 18.6 Å². The molecule has 13 heteroatoms. The largest absolute Gasteiger partial charge is 0.497 e. The second-order valence-electron chi connectivity index (χ2n) is 8.53. The van der Waals surface area contributed by atoms with Crippen LogP contribution in [0.2, 0.25) is 0 Å². The first-order valence-electron chi connectivity index (χ1n) is 11.6. The number of thiazole rings is 1. The number of nitrogens with zero attached hydrogens (tertiary/aromatic N) is 3. The van der Waals surface area contributed by atoms with Crippen molar-refractivity contribution in [3.05, 3.63) is 78.8 Å². The van der Waals surface area contributed by atoms with Crippen LogP contribution < -0.4 is 14.5 Å². The van der Waals surface area contributed by atoms with Gasteiger partial charge in [-0.25, -0.2) is 4.90 Å². The number of thioether (sulfide) groups is 1. The Morgan fingerprint density at radius 1 is 1.05 bits per heavy atom. The van der Waals surface area contributed by atoms with Crippen molar-refractivity contribution >= 4 is 52.3 Å². The Hall–Kier alpha value is -3.97. The van der Waals surface area contributed by atoms with Crippen molar-refractivity contribution in [1.82, 2.24) is 4.57 Å². The van der Waals surface area contributed by atoms with Crippen LogP contribution in [0.15, 0.2) is 58.4 Å². The van der Waals surface area contributed by atoms with Gasteiger partial charge in [-0.1, -0.05) is 35.2 Å². The summed E-state index contributed by atoms with van der Waals surface area (Å²) in [4.78, 5) is 64.5. The SMILES string of the molecule is CCOC(=O)Cn1c2c(sc1=O)[C@@H](c1ccc(OC)cc1)[C@@H]1C(=O)N(c3ccc([N+](=O)[O-])cc3)C(=O)[C@@H]1S2. The lowest BCUT2D eigenvalue weighted by molar-refractivity contribution is -0.384. The van der Waals surface area contributed by atoms with Gasteiger partial charge in [-0.2, -0.15) is 0 Å². The summed E-state index contributed by atoms with van der Waals surface area (Å²) in [5.74, 6) is -2.42. The Labute approximate surface area is 224 Å². The number of nitro groups is 1. The van der Waals surface area contributed by atoms with Crippen LogP contribution in [0.3, 0.4) is 0 Å². The maximum Gasteiger partial charge on any atom is 0.326 e. The van der Waals surface area contributed by atoms with Gasteiger partial charge in [-0.15, -0.1) is 0 Å². The van der Waals surface area contributed by atoms with Crippen LogP contribution in [-0.4, -0.2) is 46.2 Å². The lowest BCUT2D eigenvalue weighted by atomic mass is 9.83. The predicted molar refractivity (Wildman–Crippen MR) is 139 cm³/mol. The van der Waals surface area contributed by atoms with Crippen molar-refractivity contribution in [3.63, 3.8) is 0 Å². The van der Waals surface area contributed by atoms with Crippen LogP contribution in [-0.2, 0) is 25.7 Å². The van der Waals surface area contributed by atoms with Gasteiger partial charge in [0.25, 0.3) is 5.69 Å². The molecule has 11 nitrogen and oxygen atoms in total. The van der Waals surface area contributed by atoms with Gasteiger partial charge in [-0.3, -0.25) is 33.9 Å². The van der Waals surface area contributed by atoms with Gasteiger partial charge in [0.2, 0.25) is 11.8 Å². The normalized spacial score (nSPS) is 20.2. The molecule has 0 N–H and O–H groups in total. The molecular weight excluding hydrogens is 534 g/mol. The van der Waals surface area contributed by atoms with Gasteiger partial charge in [0.15, 0.2) is 0 Å². The number of aromatic nitrogens is 1. The van der Waals surface area contributed by atoms with Gasteiger partial charge < -0.3 is 9.47 Å². The third-order valence-corrected chi connectivity index (χ3v) is 9.04. The average molecular weight is 556 g/mol. The molecule has 2 aromatic carbocycles.